The zero-order valence-electron chi connectivity index (χ0n) is 21.7. The SMILES string of the molecule is O=C(OCC(F)(F)F)N1CCC2(CCc3cc(-c4ccc(CS(=O)(=O)Cc5ccccn5)cc4)ccc3O2)CC1. The number of piperidine rings is 1. The average Bonchev–Trinajstić information content (AvgIpc) is 2.92. The van der Waals surface area contributed by atoms with Gasteiger partial charge in [0.2, 0.25) is 0 Å². The molecular formula is C29H29F3N2O5S. The lowest BCUT2D eigenvalue weighted by atomic mass is 9.82. The molecule has 1 amide bonds. The maximum atomic E-state index is 12.6. The van der Waals surface area contributed by atoms with Gasteiger partial charge in [0.05, 0.1) is 17.2 Å². The van der Waals surface area contributed by atoms with Gasteiger partial charge in [0.15, 0.2) is 16.4 Å². The van der Waals surface area contributed by atoms with Gasteiger partial charge in [-0.25, -0.2) is 13.2 Å². The van der Waals surface area contributed by atoms with Gasteiger partial charge in [-0.1, -0.05) is 36.4 Å². The van der Waals surface area contributed by atoms with E-state index in [0.29, 0.717) is 24.1 Å². The molecule has 7 nitrogen and oxygen atoms in total. The van der Waals surface area contributed by atoms with Crippen LogP contribution in [0.15, 0.2) is 66.9 Å². The van der Waals surface area contributed by atoms with Gasteiger partial charge < -0.3 is 14.4 Å². The fraction of sp³-hybridized carbons (Fsp3) is 0.379. The van der Waals surface area contributed by atoms with Gasteiger partial charge in [0.25, 0.3) is 0 Å². The number of nitrogens with zero attached hydrogens (tertiary/aromatic N) is 2. The quantitative estimate of drug-likeness (QED) is 0.374. The van der Waals surface area contributed by atoms with Crippen molar-refractivity contribution in [2.24, 2.45) is 0 Å². The number of likely N-dealkylation sites (tertiary alicyclic amines) is 1. The molecule has 0 N–H and O–H groups in total. The summed E-state index contributed by atoms with van der Waals surface area (Å²) in [5.74, 6) is 0.587. The Morgan fingerprint density at radius 2 is 1.70 bits per heavy atom. The third kappa shape index (κ3) is 6.93. The number of halogens is 3. The van der Waals surface area contributed by atoms with Crippen LogP contribution in [-0.4, -0.2) is 55.9 Å². The molecule has 1 spiro atoms. The Bertz CT molecular complexity index is 1450. The number of carbonyl (C=O) groups excluding carboxylic acids is 1. The molecule has 3 aromatic rings. The second kappa shape index (κ2) is 11.1. The molecule has 11 heteroatoms. The minimum Gasteiger partial charge on any atom is -0.487 e. The summed E-state index contributed by atoms with van der Waals surface area (Å²) in [6.07, 6.45) is -1.39. The number of sulfone groups is 1. The molecule has 3 heterocycles. The van der Waals surface area contributed by atoms with Crippen LogP contribution in [0.3, 0.4) is 0 Å². The summed E-state index contributed by atoms with van der Waals surface area (Å²) in [5.41, 5.74) is 3.76. The number of amides is 1. The van der Waals surface area contributed by atoms with E-state index >= 15 is 0 Å². The zero-order valence-corrected chi connectivity index (χ0v) is 22.5. The van der Waals surface area contributed by atoms with Crippen molar-refractivity contribution in [3.63, 3.8) is 0 Å². The molecule has 212 valence electrons. The minimum atomic E-state index is -4.55. The standard InChI is InChI=1S/C29H29F3N2O5S/c30-29(31,32)20-38-27(35)34-15-12-28(13-16-34)11-10-24-17-23(8-9-26(24)39-28)22-6-4-21(5-7-22)18-40(36,37)19-25-3-1-2-14-33-25/h1-9,14,17H,10-13,15-16,18-20H2. The molecule has 1 aromatic heterocycles. The van der Waals surface area contributed by atoms with Crippen LogP contribution in [0.2, 0.25) is 0 Å². The second-order valence-electron chi connectivity index (χ2n) is 10.3. The summed E-state index contributed by atoms with van der Waals surface area (Å²) in [7, 11) is -3.36. The van der Waals surface area contributed by atoms with Crippen molar-refractivity contribution in [2.45, 2.75) is 49.0 Å². The number of fused-ring (bicyclic) bond motifs is 1. The number of ether oxygens (including phenoxy) is 2. The average molecular weight is 575 g/mol. The highest BCUT2D eigenvalue weighted by Crippen LogP contribution is 2.41. The van der Waals surface area contributed by atoms with Gasteiger partial charge in [0, 0.05) is 32.1 Å². The second-order valence-corrected chi connectivity index (χ2v) is 12.4. The van der Waals surface area contributed by atoms with Crippen LogP contribution in [-0.2, 0) is 32.5 Å². The largest absolute Gasteiger partial charge is 0.487 e. The highest BCUT2D eigenvalue weighted by Gasteiger charge is 2.41. The van der Waals surface area contributed by atoms with Crippen molar-refractivity contribution in [3.8, 4) is 16.9 Å². The van der Waals surface area contributed by atoms with E-state index in [1.54, 1.807) is 24.4 Å². The van der Waals surface area contributed by atoms with Gasteiger partial charge in [-0.2, -0.15) is 13.2 Å². The molecule has 5 rings (SSSR count). The van der Waals surface area contributed by atoms with E-state index in [0.717, 1.165) is 35.3 Å². The molecule has 2 aromatic carbocycles. The molecule has 1 fully saturated rings. The van der Waals surface area contributed by atoms with E-state index in [-0.39, 0.29) is 24.6 Å². The smallest absolute Gasteiger partial charge is 0.422 e. The fourth-order valence-corrected chi connectivity index (χ4v) is 6.62. The molecule has 0 bridgehead atoms. The molecule has 1 saturated heterocycles. The number of hydrogen-bond donors (Lipinski definition) is 0. The van der Waals surface area contributed by atoms with Crippen molar-refractivity contribution in [3.05, 3.63) is 83.7 Å². The predicted molar refractivity (Wildman–Crippen MR) is 142 cm³/mol. The van der Waals surface area contributed by atoms with Crippen molar-refractivity contribution in [2.75, 3.05) is 19.7 Å². The first-order valence-electron chi connectivity index (χ1n) is 13.0. The van der Waals surface area contributed by atoms with Gasteiger partial charge >= 0.3 is 12.3 Å². The summed E-state index contributed by atoms with van der Waals surface area (Å²) < 4.78 is 73.0. The van der Waals surface area contributed by atoms with Crippen LogP contribution in [0.4, 0.5) is 18.0 Å². The summed E-state index contributed by atoms with van der Waals surface area (Å²) in [6, 6.07) is 18.6. The molecule has 0 aliphatic carbocycles. The summed E-state index contributed by atoms with van der Waals surface area (Å²) >= 11 is 0. The van der Waals surface area contributed by atoms with E-state index in [1.165, 1.54) is 4.90 Å². The van der Waals surface area contributed by atoms with E-state index in [9.17, 15) is 26.4 Å². The Labute approximate surface area is 230 Å². The number of aryl methyl sites for hydroxylation is 1. The van der Waals surface area contributed by atoms with Crippen LogP contribution in [0.5, 0.6) is 5.75 Å². The molecule has 0 atom stereocenters. The number of aromatic nitrogens is 1. The normalized spacial score (nSPS) is 16.7. The molecular weight excluding hydrogens is 545 g/mol. The molecule has 2 aliphatic rings. The van der Waals surface area contributed by atoms with Crippen LogP contribution >= 0.6 is 0 Å². The molecule has 0 unspecified atom stereocenters. The highest BCUT2D eigenvalue weighted by molar-refractivity contribution is 7.89. The summed E-state index contributed by atoms with van der Waals surface area (Å²) in [5, 5.41) is 0. The number of alkyl halides is 3. The molecule has 2 aliphatic heterocycles. The minimum absolute atomic E-state index is 0.0680. The number of carbonyl (C=O) groups is 1. The number of hydrogen-bond acceptors (Lipinski definition) is 6. The number of pyridine rings is 1. The monoisotopic (exact) mass is 574 g/mol. The van der Waals surface area contributed by atoms with Gasteiger partial charge in [-0.3, -0.25) is 4.98 Å². The number of benzene rings is 2. The van der Waals surface area contributed by atoms with Gasteiger partial charge in [0.1, 0.15) is 11.4 Å². The van der Waals surface area contributed by atoms with Gasteiger partial charge in [-0.05, 0) is 59.4 Å². The Morgan fingerprint density at radius 3 is 2.38 bits per heavy atom. The van der Waals surface area contributed by atoms with E-state index in [1.807, 2.05) is 36.4 Å². The van der Waals surface area contributed by atoms with Gasteiger partial charge in [-0.15, -0.1) is 0 Å². The lowest BCUT2D eigenvalue weighted by Gasteiger charge is -2.44. The number of rotatable bonds is 6. The van der Waals surface area contributed by atoms with Crippen molar-refractivity contribution >= 4 is 15.9 Å². The third-order valence-corrected chi connectivity index (χ3v) is 8.81. The van der Waals surface area contributed by atoms with Crippen LogP contribution in [0.25, 0.3) is 11.1 Å². The Kier molecular flexibility index (Phi) is 7.76. The molecule has 0 saturated carbocycles. The lowest BCUT2D eigenvalue weighted by Crippen LogP contribution is -2.51. The fourth-order valence-electron chi connectivity index (χ4n) is 5.19. The Hall–Kier alpha value is -3.60. The highest BCUT2D eigenvalue weighted by atomic mass is 32.2. The maximum Gasteiger partial charge on any atom is 0.422 e. The van der Waals surface area contributed by atoms with E-state index in [4.69, 9.17) is 4.74 Å². The lowest BCUT2D eigenvalue weighted by molar-refractivity contribution is -0.163. The van der Waals surface area contributed by atoms with Crippen LogP contribution in [0, 0.1) is 0 Å². The van der Waals surface area contributed by atoms with Crippen molar-refractivity contribution in [1.82, 2.24) is 9.88 Å². The first-order chi connectivity index (χ1) is 19.0. The van der Waals surface area contributed by atoms with Crippen LogP contribution < -0.4 is 4.74 Å². The van der Waals surface area contributed by atoms with E-state index in [2.05, 4.69) is 15.8 Å². The van der Waals surface area contributed by atoms with E-state index < -0.39 is 34.3 Å². The maximum absolute atomic E-state index is 12.6. The first-order valence-corrected chi connectivity index (χ1v) is 14.8. The Morgan fingerprint density at radius 1 is 0.975 bits per heavy atom. The third-order valence-electron chi connectivity index (χ3n) is 7.30. The van der Waals surface area contributed by atoms with Crippen molar-refractivity contribution < 1.29 is 35.9 Å². The molecule has 40 heavy (non-hydrogen) atoms. The summed E-state index contributed by atoms with van der Waals surface area (Å²) in [6.45, 7) is -1.05. The Balaban J connectivity index is 1.18. The topological polar surface area (TPSA) is 85.8 Å². The predicted octanol–water partition coefficient (Wildman–Crippen LogP) is 5.72. The zero-order chi connectivity index (χ0) is 28.4. The molecule has 0 radical (unpaired) electrons. The van der Waals surface area contributed by atoms with Crippen LogP contribution in [0.1, 0.15) is 36.1 Å². The summed E-state index contributed by atoms with van der Waals surface area (Å²) in [4.78, 5) is 17.4. The van der Waals surface area contributed by atoms with Crippen molar-refractivity contribution in [1.29, 1.82) is 0 Å². The first kappa shape index (κ1) is 27.9.